The lowest BCUT2D eigenvalue weighted by molar-refractivity contribution is -0.0586. The molecule has 248 valence electrons. The second-order valence-corrected chi connectivity index (χ2v) is 16.3. The van der Waals surface area contributed by atoms with Crippen molar-refractivity contribution in [3.63, 3.8) is 0 Å². The molecular formula is C22H24F2N8O10P2S2. The lowest BCUT2D eigenvalue weighted by atomic mass is 10.1. The average Bonchev–Trinajstić information content (AvgIpc) is 3.72. The standard InChI is InChI=1S/C22H24F2N8O10P2S2/c1-7-28-19-15(20(34)29-7)27-6-32(19)22-13(24)17-10(40-22)4-38-43(35,45)41-16-9(3-37-44(36,46)42-17)39-21(12(16)23)31-5-26-14-8(33)2-11(25)30-18(14)31/h5-6,9-10,12-13,16-17,21-22H,2-4H2,1H3,(H2,25,30)(H,35,45)(H,36,46)(H,28,29,34)/t9-,10-,12-,13-,16-,17?,21-,22-,43?,44?/m1/s1. The second-order valence-electron chi connectivity index (χ2n) is 10.7. The van der Waals surface area contributed by atoms with Crippen molar-refractivity contribution >= 4 is 65.7 Å². The smallest absolute Gasteiger partial charge is 0.325 e. The summed E-state index contributed by atoms with van der Waals surface area (Å²) < 4.78 is 68.0. The second kappa shape index (κ2) is 11.6. The van der Waals surface area contributed by atoms with Gasteiger partial charge in [0.1, 0.15) is 36.1 Å². The van der Waals surface area contributed by atoms with E-state index in [4.69, 9.17) is 56.9 Å². The van der Waals surface area contributed by atoms with Crippen LogP contribution in [0.2, 0.25) is 0 Å². The number of nitrogens with one attached hydrogen (secondary N) is 1. The molecule has 10 atom stereocenters. The summed E-state index contributed by atoms with van der Waals surface area (Å²) in [5.74, 6) is -0.265. The summed E-state index contributed by atoms with van der Waals surface area (Å²) in [5, 5.41) is 0. The van der Waals surface area contributed by atoms with Crippen molar-refractivity contribution in [2.45, 2.75) is 62.6 Å². The molecule has 0 aromatic carbocycles. The number of hydrogen-bond acceptors (Lipinski definition) is 15. The van der Waals surface area contributed by atoms with Gasteiger partial charge in [-0.2, -0.15) is 0 Å². The maximum Gasteiger partial charge on any atom is 0.325 e. The first-order valence-corrected chi connectivity index (χ1v) is 18.7. The van der Waals surface area contributed by atoms with E-state index in [9.17, 15) is 19.4 Å². The molecule has 18 nitrogen and oxygen atoms in total. The normalized spacial score (nSPS) is 38.5. The summed E-state index contributed by atoms with van der Waals surface area (Å²) in [6, 6.07) is 0. The number of fused-ring (bicyclic) bond motifs is 4. The van der Waals surface area contributed by atoms with Gasteiger partial charge in [-0.05, 0) is 30.5 Å². The third kappa shape index (κ3) is 5.69. The monoisotopic (exact) mass is 724 g/mol. The number of ketones is 1. The van der Waals surface area contributed by atoms with Gasteiger partial charge in [0.2, 0.25) is 0 Å². The van der Waals surface area contributed by atoms with Crippen LogP contribution < -0.4 is 11.3 Å². The minimum Gasteiger partial charge on any atom is -0.387 e. The number of aromatic amines is 1. The zero-order chi connectivity index (χ0) is 32.7. The molecule has 0 aliphatic carbocycles. The van der Waals surface area contributed by atoms with E-state index in [0.717, 1.165) is 21.8 Å². The van der Waals surface area contributed by atoms with Crippen molar-refractivity contribution in [1.82, 2.24) is 29.1 Å². The Morgan fingerprint density at radius 1 is 0.978 bits per heavy atom. The van der Waals surface area contributed by atoms with Gasteiger partial charge in [-0.15, -0.1) is 0 Å². The highest BCUT2D eigenvalue weighted by Crippen LogP contribution is 2.54. The SMILES string of the molecule is Cc1nc2c(ncn2[C@@H]2O[C@@H]3COP(O)(=S)O[C@H]4[C@@H](F)[C@H](n5cnc6c5N=C(N)CC6=O)O[C@@H]4COP(O)(=S)OC3[C@H]2F)c(=O)[nH]1. The quantitative estimate of drug-likeness (QED) is 0.265. The van der Waals surface area contributed by atoms with E-state index >= 15 is 8.78 Å². The minimum absolute atomic E-state index is 0.00726. The van der Waals surface area contributed by atoms with Gasteiger partial charge in [0.05, 0.1) is 32.3 Å². The van der Waals surface area contributed by atoms with Crippen LogP contribution in [-0.4, -0.2) is 100 Å². The maximum absolute atomic E-state index is 16.0. The van der Waals surface area contributed by atoms with E-state index in [0.29, 0.717) is 0 Å². The summed E-state index contributed by atoms with van der Waals surface area (Å²) >= 11 is 10.3. The fourth-order valence-corrected chi connectivity index (χ4v) is 8.43. The molecule has 3 fully saturated rings. The summed E-state index contributed by atoms with van der Waals surface area (Å²) in [5.41, 5.74) is 5.07. The molecule has 0 amide bonds. The van der Waals surface area contributed by atoms with Crippen molar-refractivity contribution in [1.29, 1.82) is 0 Å². The predicted molar refractivity (Wildman–Crippen MR) is 158 cm³/mol. The van der Waals surface area contributed by atoms with Gasteiger partial charge in [-0.25, -0.2) is 28.7 Å². The van der Waals surface area contributed by atoms with Gasteiger partial charge < -0.3 is 39.0 Å². The third-order valence-corrected chi connectivity index (χ3v) is 10.7. The number of alkyl halides is 2. The predicted octanol–water partition coefficient (Wildman–Crippen LogP) is 0.622. The molecule has 0 saturated carbocycles. The number of nitrogens with two attached hydrogens (primary N) is 1. The molecule has 5 N–H and O–H groups in total. The van der Waals surface area contributed by atoms with E-state index in [-0.39, 0.29) is 40.8 Å². The number of aliphatic imine (C=N–C) groups is 1. The number of H-pyrrole nitrogens is 1. The van der Waals surface area contributed by atoms with Gasteiger partial charge in [0.25, 0.3) is 5.56 Å². The highest BCUT2D eigenvalue weighted by atomic mass is 32.5. The fraction of sp³-hybridized carbons (Fsp3) is 0.545. The van der Waals surface area contributed by atoms with Crippen LogP contribution in [0, 0.1) is 6.92 Å². The molecule has 3 saturated heterocycles. The first-order chi connectivity index (χ1) is 21.7. The number of halogens is 2. The number of amidine groups is 1. The molecule has 7 heterocycles. The molecule has 3 aromatic heterocycles. The van der Waals surface area contributed by atoms with Crippen LogP contribution in [0.5, 0.6) is 0 Å². The first-order valence-electron chi connectivity index (χ1n) is 13.5. The fourth-order valence-electron chi connectivity index (χ4n) is 5.55. The van der Waals surface area contributed by atoms with Crippen LogP contribution in [0.25, 0.3) is 11.2 Å². The summed E-state index contributed by atoms with van der Waals surface area (Å²) in [6.07, 6.45) is -11.1. The van der Waals surface area contributed by atoms with Crippen LogP contribution in [0.4, 0.5) is 14.6 Å². The van der Waals surface area contributed by atoms with Gasteiger partial charge in [0, 0.05) is 0 Å². The average molecular weight is 725 g/mol. The first kappa shape index (κ1) is 32.1. The van der Waals surface area contributed by atoms with E-state index in [1.54, 1.807) is 0 Å². The molecule has 4 aliphatic heterocycles. The maximum atomic E-state index is 16.0. The Morgan fingerprint density at radius 3 is 2.15 bits per heavy atom. The van der Waals surface area contributed by atoms with Crippen molar-refractivity contribution < 1.29 is 50.9 Å². The number of nitrogens with zero attached hydrogens (tertiary/aromatic N) is 6. The number of rotatable bonds is 2. The largest absolute Gasteiger partial charge is 0.387 e. The minimum atomic E-state index is -4.31. The number of imidazole rings is 2. The van der Waals surface area contributed by atoms with Crippen molar-refractivity contribution in [2.24, 2.45) is 10.7 Å². The molecule has 24 heteroatoms. The van der Waals surface area contributed by atoms with Crippen LogP contribution in [-0.2, 0) is 51.2 Å². The number of aryl methyl sites for hydroxylation is 1. The molecule has 0 spiro atoms. The van der Waals surface area contributed by atoms with Gasteiger partial charge >= 0.3 is 13.4 Å². The topological polar surface area (TPSA) is 233 Å². The summed E-state index contributed by atoms with van der Waals surface area (Å²) in [6.45, 7) is -8.41. The van der Waals surface area contributed by atoms with Gasteiger partial charge in [0.15, 0.2) is 53.3 Å². The Balaban J connectivity index is 1.16. The Kier molecular flexibility index (Phi) is 8.10. The number of carbonyl (C=O) groups is 1. The Morgan fingerprint density at radius 2 is 1.54 bits per heavy atom. The zero-order valence-electron chi connectivity index (χ0n) is 23.3. The Labute approximate surface area is 266 Å². The van der Waals surface area contributed by atoms with Crippen LogP contribution >= 0.6 is 13.4 Å². The Bertz CT molecular complexity index is 1930. The van der Waals surface area contributed by atoms with E-state index in [1.165, 1.54) is 6.92 Å². The van der Waals surface area contributed by atoms with E-state index in [1.807, 2.05) is 0 Å². The molecular weight excluding hydrogens is 700 g/mol. The van der Waals surface area contributed by atoms with Crippen LogP contribution in [0.15, 0.2) is 22.4 Å². The van der Waals surface area contributed by atoms with Crippen LogP contribution in [0.3, 0.4) is 0 Å². The summed E-state index contributed by atoms with van der Waals surface area (Å²) in [4.78, 5) is 65.3. The molecule has 3 unspecified atom stereocenters. The highest BCUT2D eigenvalue weighted by molar-refractivity contribution is 8.07. The van der Waals surface area contributed by atoms with Gasteiger partial charge in [-0.1, -0.05) is 0 Å². The number of hydrogen-bond donors (Lipinski definition) is 4. The molecule has 0 radical (unpaired) electrons. The number of ether oxygens (including phenoxy) is 2. The molecule has 3 aromatic rings. The molecule has 46 heavy (non-hydrogen) atoms. The zero-order valence-corrected chi connectivity index (χ0v) is 26.7. The number of Topliss-reactive ketones (excluding diaryl/α,β-unsaturated/α-hetero) is 1. The third-order valence-electron chi connectivity index (χ3n) is 7.57. The van der Waals surface area contributed by atoms with Crippen LogP contribution in [0.1, 0.15) is 35.2 Å². The number of carbonyl (C=O) groups excluding carboxylic acids is 1. The van der Waals surface area contributed by atoms with Crippen molar-refractivity contribution in [3.8, 4) is 0 Å². The Hall–Kier alpha value is -2.46. The van der Waals surface area contributed by atoms with Gasteiger partial charge in [-0.3, -0.25) is 27.8 Å². The number of aromatic nitrogens is 6. The lowest BCUT2D eigenvalue weighted by Crippen LogP contribution is -2.37. The molecule has 4 aliphatic rings. The van der Waals surface area contributed by atoms with E-state index in [2.05, 4.69) is 24.9 Å². The lowest BCUT2D eigenvalue weighted by Gasteiger charge is -2.29. The van der Waals surface area contributed by atoms with E-state index < -0.39 is 87.2 Å². The molecule has 0 bridgehead atoms. The van der Waals surface area contributed by atoms with Crippen molar-refractivity contribution in [2.75, 3.05) is 13.2 Å². The highest BCUT2D eigenvalue weighted by Gasteiger charge is 2.54. The molecule has 7 rings (SSSR count). The summed E-state index contributed by atoms with van der Waals surface area (Å²) in [7, 11) is 0. The van der Waals surface area contributed by atoms with Crippen molar-refractivity contribution in [3.05, 3.63) is 34.5 Å².